The van der Waals surface area contributed by atoms with Crippen molar-refractivity contribution in [3.8, 4) is 0 Å². The van der Waals surface area contributed by atoms with Crippen molar-refractivity contribution >= 4 is 33.8 Å². The summed E-state index contributed by atoms with van der Waals surface area (Å²) < 4.78 is 6.13. The van der Waals surface area contributed by atoms with Gasteiger partial charge in [0.2, 0.25) is 0 Å². The average molecular weight is 363 g/mol. The van der Waals surface area contributed by atoms with E-state index in [1.807, 2.05) is 19.9 Å². The van der Waals surface area contributed by atoms with Crippen LogP contribution in [0.15, 0.2) is 45.3 Å². The summed E-state index contributed by atoms with van der Waals surface area (Å²) in [5.74, 6) is 0.490. The first-order valence-corrected chi connectivity index (χ1v) is 7.36. The van der Waals surface area contributed by atoms with Gasteiger partial charge in [-0.1, -0.05) is 22.0 Å². The fourth-order valence-electron chi connectivity index (χ4n) is 1.67. The molecular formula is C16H15BrN2O3. The highest BCUT2D eigenvalue weighted by molar-refractivity contribution is 9.10. The Balaban J connectivity index is 1.89. The standard InChI is InChI=1S/C16H15BrN2O3/c1-10-3-5-12(9-14(10)17)16(21)19-18-15(20)8-7-13-6-4-11(2)22-13/h3-9H,1-2H3,(H,18,20)(H,19,21)/b8-7+. The van der Waals surface area contributed by atoms with E-state index in [0.717, 1.165) is 15.8 Å². The topological polar surface area (TPSA) is 71.3 Å². The van der Waals surface area contributed by atoms with Gasteiger partial charge in [0.15, 0.2) is 0 Å². The summed E-state index contributed by atoms with van der Waals surface area (Å²) >= 11 is 3.36. The lowest BCUT2D eigenvalue weighted by Crippen LogP contribution is -2.40. The van der Waals surface area contributed by atoms with E-state index in [4.69, 9.17) is 4.42 Å². The minimum atomic E-state index is -0.450. The van der Waals surface area contributed by atoms with E-state index in [9.17, 15) is 9.59 Å². The Morgan fingerprint density at radius 2 is 1.91 bits per heavy atom. The lowest BCUT2D eigenvalue weighted by atomic mass is 10.1. The highest BCUT2D eigenvalue weighted by Gasteiger charge is 2.07. The van der Waals surface area contributed by atoms with E-state index in [0.29, 0.717) is 11.3 Å². The molecule has 2 rings (SSSR count). The van der Waals surface area contributed by atoms with E-state index < -0.39 is 11.8 Å². The van der Waals surface area contributed by atoms with Crippen LogP contribution in [0.4, 0.5) is 0 Å². The lowest BCUT2D eigenvalue weighted by Gasteiger charge is -2.06. The maximum atomic E-state index is 11.9. The molecule has 22 heavy (non-hydrogen) atoms. The number of carbonyl (C=O) groups excluding carboxylic acids is 2. The summed E-state index contributed by atoms with van der Waals surface area (Å²) in [6.07, 6.45) is 2.81. The third kappa shape index (κ3) is 4.33. The molecule has 6 heteroatoms. The zero-order valence-corrected chi connectivity index (χ0v) is 13.7. The average Bonchev–Trinajstić information content (AvgIpc) is 2.91. The highest BCUT2D eigenvalue weighted by Crippen LogP contribution is 2.17. The summed E-state index contributed by atoms with van der Waals surface area (Å²) in [6.45, 7) is 3.74. The Morgan fingerprint density at radius 1 is 1.14 bits per heavy atom. The Bertz CT molecular complexity index is 735. The fourth-order valence-corrected chi connectivity index (χ4v) is 2.05. The van der Waals surface area contributed by atoms with Crippen molar-refractivity contribution in [2.45, 2.75) is 13.8 Å². The summed E-state index contributed by atoms with van der Waals surface area (Å²) in [6, 6.07) is 8.75. The van der Waals surface area contributed by atoms with Crippen LogP contribution in [0.1, 0.15) is 27.4 Å². The molecule has 0 atom stereocenters. The third-order valence-corrected chi connectivity index (χ3v) is 3.75. The molecule has 0 saturated carbocycles. The number of aryl methyl sites for hydroxylation is 2. The molecular weight excluding hydrogens is 348 g/mol. The number of hydrogen-bond donors (Lipinski definition) is 2. The molecule has 0 radical (unpaired) electrons. The smallest absolute Gasteiger partial charge is 0.269 e. The van der Waals surface area contributed by atoms with Gasteiger partial charge in [-0.15, -0.1) is 0 Å². The Labute approximate surface area is 136 Å². The maximum Gasteiger partial charge on any atom is 0.269 e. The van der Waals surface area contributed by atoms with Crippen LogP contribution in [-0.2, 0) is 4.79 Å². The summed E-state index contributed by atoms with van der Waals surface area (Å²) in [5.41, 5.74) is 6.13. The predicted molar refractivity (Wildman–Crippen MR) is 87.0 cm³/mol. The fraction of sp³-hybridized carbons (Fsp3) is 0.125. The molecule has 1 aromatic carbocycles. The summed E-state index contributed by atoms with van der Waals surface area (Å²) in [4.78, 5) is 23.5. The number of furan rings is 1. The maximum absolute atomic E-state index is 11.9. The normalized spacial score (nSPS) is 10.7. The van der Waals surface area contributed by atoms with Gasteiger partial charge >= 0.3 is 0 Å². The Morgan fingerprint density at radius 3 is 2.55 bits per heavy atom. The van der Waals surface area contributed by atoms with E-state index >= 15 is 0 Å². The Kier molecular flexibility index (Phi) is 5.16. The minimum Gasteiger partial charge on any atom is -0.462 e. The molecule has 0 aliphatic rings. The zero-order chi connectivity index (χ0) is 16.1. The second-order valence-corrected chi connectivity index (χ2v) is 5.54. The van der Waals surface area contributed by atoms with E-state index in [1.54, 1.807) is 24.3 Å². The van der Waals surface area contributed by atoms with E-state index in [-0.39, 0.29) is 0 Å². The Hall–Kier alpha value is -2.34. The predicted octanol–water partition coefficient (Wildman–Crippen LogP) is 3.13. The molecule has 2 N–H and O–H groups in total. The van der Waals surface area contributed by atoms with Crippen LogP contribution in [0.2, 0.25) is 0 Å². The van der Waals surface area contributed by atoms with Crippen molar-refractivity contribution in [3.63, 3.8) is 0 Å². The molecule has 5 nitrogen and oxygen atoms in total. The van der Waals surface area contributed by atoms with Crippen LogP contribution >= 0.6 is 15.9 Å². The van der Waals surface area contributed by atoms with E-state index in [2.05, 4.69) is 26.8 Å². The molecule has 114 valence electrons. The van der Waals surface area contributed by atoms with Crippen molar-refractivity contribution in [3.05, 3.63) is 63.5 Å². The molecule has 0 saturated heterocycles. The molecule has 0 aliphatic carbocycles. The zero-order valence-electron chi connectivity index (χ0n) is 12.1. The number of hydrogen-bond acceptors (Lipinski definition) is 3. The minimum absolute atomic E-state index is 0.392. The molecule has 0 aliphatic heterocycles. The van der Waals surface area contributed by atoms with Gasteiger partial charge in [-0.2, -0.15) is 0 Å². The van der Waals surface area contributed by atoms with Crippen molar-refractivity contribution in [2.75, 3.05) is 0 Å². The van der Waals surface area contributed by atoms with Crippen LogP contribution in [0.5, 0.6) is 0 Å². The van der Waals surface area contributed by atoms with E-state index in [1.165, 1.54) is 12.2 Å². The van der Waals surface area contributed by atoms with Crippen molar-refractivity contribution in [1.82, 2.24) is 10.9 Å². The van der Waals surface area contributed by atoms with Crippen LogP contribution in [0.3, 0.4) is 0 Å². The largest absolute Gasteiger partial charge is 0.462 e. The quantitative estimate of drug-likeness (QED) is 0.650. The molecule has 0 fully saturated rings. The monoisotopic (exact) mass is 362 g/mol. The molecule has 2 amide bonds. The molecule has 0 unspecified atom stereocenters. The van der Waals surface area contributed by atoms with Gasteiger partial charge in [0, 0.05) is 16.1 Å². The first-order chi connectivity index (χ1) is 10.5. The SMILES string of the molecule is Cc1ccc(/C=C/C(=O)NNC(=O)c2ccc(C)c(Br)c2)o1. The van der Waals surface area contributed by atoms with Gasteiger partial charge in [0.1, 0.15) is 11.5 Å². The highest BCUT2D eigenvalue weighted by atomic mass is 79.9. The van der Waals surface area contributed by atoms with Crippen LogP contribution in [0, 0.1) is 13.8 Å². The lowest BCUT2D eigenvalue weighted by molar-refractivity contribution is -0.117. The van der Waals surface area contributed by atoms with Crippen molar-refractivity contribution in [2.24, 2.45) is 0 Å². The van der Waals surface area contributed by atoms with Crippen LogP contribution < -0.4 is 10.9 Å². The van der Waals surface area contributed by atoms with Crippen molar-refractivity contribution in [1.29, 1.82) is 0 Å². The number of hydrazine groups is 1. The molecule has 1 aromatic heterocycles. The third-order valence-electron chi connectivity index (χ3n) is 2.89. The second-order valence-electron chi connectivity index (χ2n) is 4.69. The van der Waals surface area contributed by atoms with Crippen LogP contribution in [0.25, 0.3) is 6.08 Å². The second kappa shape index (κ2) is 7.09. The number of halogens is 1. The van der Waals surface area contributed by atoms with Gasteiger partial charge < -0.3 is 4.42 Å². The van der Waals surface area contributed by atoms with Crippen molar-refractivity contribution < 1.29 is 14.0 Å². The molecule has 0 bridgehead atoms. The van der Waals surface area contributed by atoms with Gasteiger partial charge in [0.25, 0.3) is 11.8 Å². The molecule has 2 aromatic rings. The van der Waals surface area contributed by atoms with Gasteiger partial charge in [-0.05, 0) is 49.8 Å². The first-order valence-electron chi connectivity index (χ1n) is 6.56. The number of benzene rings is 1. The number of amides is 2. The van der Waals surface area contributed by atoms with Gasteiger partial charge in [0.05, 0.1) is 0 Å². The molecule has 0 spiro atoms. The number of nitrogens with one attached hydrogen (secondary N) is 2. The summed E-state index contributed by atoms with van der Waals surface area (Å²) in [7, 11) is 0. The number of rotatable bonds is 3. The van der Waals surface area contributed by atoms with Gasteiger partial charge in [-0.3, -0.25) is 20.4 Å². The first kappa shape index (κ1) is 16.0. The summed E-state index contributed by atoms with van der Waals surface area (Å²) in [5, 5.41) is 0. The van der Waals surface area contributed by atoms with Crippen LogP contribution in [-0.4, -0.2) is 11.8 Å². The van der Waals surface area contributed by atoms with Gasteiger partial charge in [-0.25, -0.2) is 0 Å². The molecule has 1 heterocycles. The number of carbonyl (C=O) groups is 2.